The molecule has 2 atom stereocenters. The van der Waals surface area contributed by atoms with E-state index in [0.717, 1.165) is 12.8 Å². The third-order valence-electron chi connectivity index (χ3n) is 7.54. The summed E-state index contributed by atoms with van der Waals surface area (Å²) >= 11 is 0. The summed E-state index contributed by atoms with van der Waals surface area (Å²) in [5.74, 6) is -0.476. The average molecular weight is 567 g/mol. The predicted molar refractivity (Wildman–Crippen MR) is 141 cm³/mol. The number of alkyl halides is 3. The van der Waals surface area contributed by atoms with E-state index in [9.17, 15) is 27.2 Å². The van der Waals surface area contributed by atoms with Crippen molar-refractivity contribution in [3.05, 3.63) is 52.6 Å². The SMILES string of the molecule is CCCC1CC(CC(=O)N2CCc3c(C(F)(F)F)nn(Cc4ccc(F)cc4)c3C2)CCN1C(=O)OC(C)(C)C. The van der Waals surface area contributed by atoms with Gasteiger partial charge in [-0.15, -0.1) is 0 Å². The highest BCUT2D eigenvalue weighted by Gasteiger charge is 2.41. The molecule has 7 nitrogen and oxygen atoms in total. The lowest BCUT2D eigenvalue weighted by Gasteiger charge is -2.40. The summed E-state index contributed by atoms with van der Waals surface area (Å²) in [6.07, 6.45) is -1.58. The van der Waals surface area contributed by atoms with Crippen LogP contribution >= 0.6 is 0 Å². The van der Waals surface area contributed by atoms with Crippen LogP contribution in [0.15, 0.2) is 24.3 Å². The maximum Gasteiger partial charge on any atom is 0.435 e. The number of piperidine rings is 1. The number of nitrogens with zero attached hydrogens (tertiary/aromatic N) is 4. The summed E-state index contributed by atoms with van der Waals surface area (Å²) in [5, 5.41) is 3.88. The lowest BCUT2D eigenvalue weighted by atomic mass is 9.86. The van der Waals surface area contributed by atoms with Crippen molar-refractivity contribution in [1.29, 1.82) is 0 Å². The number of rotatable bonds is 6. The van der Waals surface area contributed by atoms with Crippen molar-refractivity contribution in [2.24, 2.45) is 5.92 Å². The van der Waals surface area contributed by atoms with E-state index < -0.39 is 23.3 Å². The Balaban J connectivity index is 1.46. The van der Waals surface area contributed by atoms with Gasteiger partial charge in [-0.1, -0.05) is 25.5 Å². The average Bonchev–Trinajstić information content (AvgIpc) is 3.23. The van der Waals surface area contributed by atoms with Gasteiger partial charge in [0, 0.05) is 31.1 Å². The molecule has 1 fully saturated rings. The first kappa shape index (κ1) is 29.9. The lowest BCUT2D eigenvalue weighted by Crippen LogP contribution is -2.48. The molecular formula is C29H38F4N4O3. The molecule has 2 amide bonds. The van der Waals surface area contributed by atoms with Gasteiger partial charge in [0.2, 0.25) is 5.91 Å². The lowest BCUT2D eigenvalue weighted by molar-refractivity contribution is -0.142. The number of hydrogen-bond acceptors (Lipinski definition) is 4. The Kier molecular flexibility index (Phi) is 8.80. The van der Waals surface area contributed by atoms with Gasteiger partial charge in [0.25, 0.3) is 0 Å². The minimum Gasteiger partial charge on any atom is -0.444 e. The normalized spacial score (nSPS) is 19.9. The minimum atomic E-state index is -4.61. The molecule has 0 radical (unpaired) electrons. The van der Waals surface area contributed by atoms with Crippen molar-refractivity contribution in [3.8, 4) is 0 Å². The molecule has 11 heteroatoms. The molecular weight excluding hydrogens is 528 g/mol. The Morgan fingerprint density at radius 1 is 1.10 bits per heavy atom. The van der Waals surface area contributed by atoms with Gasteiger partial charge in [-0.3, -0.25) is 9.48 Å². The monoisotopic (exact) mass is 566 g/mol. The number of halogens is 4. The quantitative estimate of drug-likeness (QED) is 0.392. The zero-order valence-corrected chi connectivity index (χ0v) is 23.6. The molecule has 4 rings (SSSR count). The van der Waals surface area contributed by atoms with E-state index in [1.807, 2.05) is 20.8 Å². The number of benzene rings is 1. The molecule has 2 unspecified atom stereocenters. The fourth-order valence-corrected chi connectivity index (χ4v) is 5.68. The molecule has 220 valence electrons. The summed E-state index contributed by atoms with van der Waals surface area (Å²) in [6.45, 7) is 8.32. The number of aromatic nitrogens is 2. The Morgan fingerprint density at radius 2 is 1.80 bits per heavy atom. The van der Waals surface area contributed by atoms with Gasteiger partial charge in [-0.2, -0.15) is 18.3 Å². The second-order valence-corrected chi connectivity index (χ2v) is 11.8. The molecule has 1 saturated heterocycles. The number of carbonyl (C=O) groups is 2. The van der Waals surface area contributed by atoms with Gasteiger partial charge < -0.3 is 14.5 Å². The summed E-state index contributed by atoms with van der Waals surface area (Å²) in [4.78, 5) is 29.5. The first-order chi connectivity index (χ1) is 18.7. The smallest absolute Gasteiger partial charge is 0.435 e. The predicted octanol–water partition coefficient (Wildman–Crippen LogP) is 6.18. The number of ether oxygens (including phenoxy) is 1. The number of fused-ring (bicyclic) bond motifs is 1. The molecule has 0 spiro atoms. The van der Waals surface area contributed by atoms with Crippen molar-refractivity contribution in [1.82, 2.24) is 19.6 Å². The van der Waals surface area contributed by atoms with Crippen molar-refractivity contribution < 1.29 is 31.9 Å². The molecule has 2 aliphatic heterocycles. The molecule has 2 aromatic rings. The molecule has 0 N–H and O–H groups in total. The molecule has 3 heterocycles. The van der Waals surface area contributed by atoms with Crippen LogP contribution < -0.4 is 0 Å². The van der Waals surface area contributed by atoms with Crippen LogP contribution in [0.2, 0.25) is 0 Å². The van der Waals surface area contributed by atoms with Crippen LogP contribution in [0.3, 0.4) is 0 Å². The number of likely N-dealkylation sites (tertiary alicyclic amines) is 1. The standard InChI is InChI=1S/C29H38F4N4O3/c1-5-6-22-15-20(11-14-36(22)27(39)40-28(2,3)4)16-25(38)35-13-12-23-24(18-35)37(34-26(23)29(31,32)33)17-19-7-9-21(30)10-8-19/h7-10,20,22H,5-6,11-18H2,1-4H3. The fourth-order valence-electron chi connectivity index (χ4n) is 5.68. The molecule has 0 aliphatic carbocycles. The highest BCUT2D eigenvalue weighted by Crippen LogP contribution is 2.36. The second kappa shape index (κ2) is 11.8. The zero-order valence-electron chi connectivity index (χ0n) is 23.6. The van der Waals surface area contributed by atoms with Gasteiger partial charge in [0.15, 0.2) is 5.69 Å². The van der Waals surface area contributed by atoms with E-state index in [2.05, 4.69) is 12.0 Å². The second-order valence-electron chi connectivity index (χ2n) is 11.8. The first-order valence-corrected chi connectivity index (χ1v) is 13.9. The Hall–Kier alpha value is -3.11. The minimum absolute atomic E-state index is 0.0224. The van der Waals surface area contributed by atoms with Crippen molar-refractivity contribution >= 4 is 12.0 Å². The van der Waals surface area contributed by atoms with E-state index >= 15 is 0 Å². The van der Waals surface area contributed by atoms with Gasteiger partial charge in [-0.05, 0) is 70.1 Å². The zero-order chi connectivity index (χ0) is 29.2. The highest BCUT2D eigenvalue weighted by atomic mass is 19.4. The van der Waals surface area contributed by atoms with Crippen LogP contribution in [0.1, 0.15) is 82.3 Å². The van der Waals surface area contributed by atoms with Crippen molar-refractivity contribution in [2.45, 2.75) is 97.1 Å². The van der Waals surface area contributed by atoms with Crippen LogP contribution in [-0.2, 0) is 35.2 Å². The highest BCUT2D eigenvalue weighted by molar-refractivity contribution is 5.77. The summed E-state index contributed by atoms with van der Waals surface area (Å²) in [7, 11) is 0. The van der Waals surface area contributed by atoms with Crippen LogP contribution in [0.5, 0.6) is 0 Å². The van der Waals surface area contributed by atoms with Gasteiger partial charge >= 0.3 is 12.3 Å². The molecule has 1 aromatic carbocycles. The van der Waals surface area contributed by atoms with Crippen LogP contribution in [0.4, 0.5) is 22.4 Å². The van der Waals surface area contributed by atoms with Crippen LogP contribution in [0.25, 0.3) is 0 Å². The largest absolute Gasteiger partial charge is 0.444 e. The van der Waals surface area contributed by atoms with Gasteiger partial charge in [-0.25, -0.2) is 9.18 Å². The van der Waals surface area contributed by atoms with Crippen molar-refractivity contribution in [3.63, 3.8) is 0 Å². The van der Waals surface area contributed by atoms with E-state index in [0.29, 0.717) is 30.6 Å². The summed E-state index contributed by atoms with van der Waals surface area (Å²) in [6, 6.07) is 5.51. The van der Waals surface area contributed by atoms with Crippen molar-refractivity contribution in [2.75, 3.05) is 13.1 Å². The topological polar surface area (TPSA) is 67.7 Å². The molecule has 1 aromatic heterocycles. The van der Waals surface area contributed by atoms with Crippen LogP contribution in [-0.4, -0.2) is 56.3 Å². The summed E-state index contributed by atoms with van der Waals surface area (Å²) in [5.41, 5.74) is -0.424. The fraction of sp³-hybridized carbons (Fsp3) is 0.621. The molecule has 40 heavy (non-hydrogen) atoms. The third kappa shape index (κ3) is 7.14. The van der Waals surface area contributed by atoms with Gasteiger partial charge in [0.05, 0.1) is 18.8 Å². The summed E-state index contributed by atoms with van der Waals surface area (Å²) < 4.78 is 61.6. The van der Waals surface area contributed by atoms with E-state index in [1.54, 1.807) is 9.80 Å². The van der Waals surface area contributed by atoms with E-state index in [4.69, 9.17) is 4.74 Å². The molecule has 0 bridgehead atoms. The molecule has 0 saturated carbocycles. The maximum atomic E-state index is 13.8. The Labute approximate surface area is 232 Å². The third-order valence-corrected chi connectivity index (χ3v) is 7.54. The molecule has 2 aliphatic rings. The van der Waals surface area contributed by atoms with Crippen LogP contribution in [0, 0.1) is 11.7 Å². The maximum absolute atomic E-state index is 13.8. The van der Waals surface area contributed by atoms with Gasteiger partial charge in [0.1, 0.15) is 11.4 Å². The number of carbonyl (C=O) groups excluding carboxylic acids is 2. The first-order valence-electron chi connectivity index (χ1n) is 13.9. The Bertz CT molecular complexity index is 1200. The number of amides is 2. The van der Waals surface area contributed by atoms with E-state index in [1.165, 1.54) is 28.9 Å². The Morgan fingerprint density at radius 3 is 2.42 bits per heavy atom. The number of hydrogen-bond donors (Lipinski definition) is 0. The van der Waals surface area contributed by atoms with E-state index in [-0.39, 0.29) is 62.0 Å².